The number of aromatic amines is 1. The van der Waals surface area contributed by atoms with Crippen LogP contribution in [0.15, 0.2) is 41.2 Å². The SMILES string of the molecule is COc1ccc2cc(Cc3sc(=O)[nH]c3O)ccc2c1. The lowest BCUT2D eigenvalue weighted by Gasteiger charge is -2.05. The topological polar surface area (TPSA) is 62.3 Å². The van der Waals surface area contributed by atoms with Crippen LogP contribution in [0.25, 0.3) is 10.8 Å². The summed E-state index contributed by atoms with van der Waals surface area (Å²) in [6, 6.07) is 11.9. The van der Waals surface area contributed by atoms with Crippen molar-refractivity contribution in [3.63, 3.8) is 0 Å². The van der Waals surface area contributed by atoms with Gasteiger partial charge in [0.1, 0.15) is 5.75 Å². The summed E-state index contributed by atoms with van der Waals surface area (Å²) in [5.41, 5.74) is 1.05. The highest BCUT2D eigenvalue weighted by atomic mass is 32.1. The summed E-state index contributed by atoms with van der Waals surface area (Å²) in [6.07, 6.45) is 0.539. The Morgan fingerprint density at radius 2 is 1.95 bits per heavy atom. The Labute approximate surface area is 119 Å². The minimum Gasteiger partial charge on any atom is -0.497 e. The van der Waals surface area contributed by atoms with Crippen LogP contribution in [0.1, 0.15) is 10.4 Å². The molecule has 0 bridgehead atoms. The molecule has 0 radical (unpaired) electrons. The molecule has 0 aliphatic rings. The van der Waals surface area contributed by atoms with E-state index >= 15 is 0 Å². The van der Waals surface area contributed by atoms with Crippen molar-refractivity contribution >= 4 is 22.1 Å². The maximum atomic E-state index is 11.2. The van der Waals surface area contributed by atoms with Crippen LogP contribution < -0.4 is 9.61 Å². The van der Waals surface area contributed by atoms with E-state index in [0.29, 0.717) is 11.3 Å². The highest BCUT2D eigenvalue weighted by Crippen LogP contribution is 2.25. The van der Waals surface area contributed by atoms with E-state index in [4.69, 9.17) is 4.74 Å². The van der Waals surface area contributed by atoms with E-state index in [1.807, 2.05) is 30.3 Å². The Hall–Kier alpha value is -2.27. The van der Waals surface area contributed by atoms with Gasteiger partial charge in [-0.25, -0.2) is 0 Å². The predicted molar refractivity (Wildman–Crippen MR) is 79.9 cm³/mol. The van der Waals surface area contributed by atoms with E-state index in [2.05, 4.69) is 11.1 Å². The molecule has 0 unspecified atom stereocenters. The summed E-state index contributed by atoms with van der Waals surface area (Å²) in [4.78, 5) is 14.0. The lowest BCUT2D eigenvalue weighted by Crippen LogP contribution is -1.89. The van der Waals surface area contributed by atoms with Crippen LogP contribution in [0.3, 0.4) is 0 Å². The molecule has 1 aromatic heterocycles. The van der Waals surface area contributed by atoms with Gasteiger partial charge in [0.15, 0.2) is 0 Å². The second-order valence-corrected chi connectivity index (χ2v) is 5.58. The third kappa shape index (κ3) is 2.40. The number of H-pyrrole nitrogens is 1. The lowest BCUT2D eigenvalue weighted by molar-refractivity contribution is 0.415. The largest absolute Gasteiger partial charge is 0.497 e. The van der Waals surface area contributed by atoms with Gasteiger partial charge in [-0.05, 0) is 28.5 Å². The zero-order chi connectivity index (χ0) is 14.1. The summed E-state index contributed by atoms with van der Waals surface area (Å²) in [7, 11) is 1.64. The van der Waals surface area contributed by atoms with Gasteiger partial charge in [-0.15, -0.1) is 0 Å². The van der Waals surface area contributed by atoms with Gasteiger partial charge in [0.05, 0.1) is 12.0 Å². The van der Waals surface area contributed by atoms with Crippen molar-refractivity contribution in [2.75, 3.05) is 7.11 Å². The average molecular weight is 287 g/mol. The molecule has 0 aliphatic heterocycles. The van der Waals surface area contributed by atoms with Gasteiger partial charge in [0.25, 0.3) is 0 Å². The smallest absolute Gasteiger partial charge is 0.307 e. The summed E-state index contributed by atoms with van der Waals surface area (Å²) in [5.74, 6) is 0.793. The van der Waals surface area contributed by atoms with E-state index in [0.717, 1.165) is 33.4 Å². The zero-order valence-electron chi connectivity index (χ0n) is 10.8. The molecule has 5 heteroatoms. The molecule has 2 N–H and O–H groups in total. The van der Waals surface area contributed by atoms with Gasteiger partial charge in [-0.2, -0.15) is 0 Å². The summed E-state index contributed by atoms with van der Waals surface area (Å²) in [6.45, 7) is 0. The maximum absolute atomic E-state index is 11.2. The van der Waals surface area contributed by atoms with Gasteiger partial charge in [0.2, 0.25) is 5.88 Å². The number of hydrogen-bond acceptors (Lipinski definition) is 4. The molecule has 0 amide bonds. The molecule has 0 aliphatic carbocycles. The lowest BCUT2D eigenvalue weighted by atomic mass is 10.0. The monoisotopic (exact) mass is 287 g/mol. The molecule has 102 valence electrons. The molecule has 1 heterocycles. The molecule has 0 spiro atoms. The third-order valence-electron chi connectivity index (χ3n) is 3.18. The molecule has 3 rings (SSSR count). The van der Waals surface area contributed by atoms with Gasteiger partial charge < -0.3 is 9.84 Å². The number of benzene rings is 2. The molecule has 2 aromatic carbocycles. The Morgan fingerprint density at radius 1 is 1.20 bits per heavy atom. The number of hydrogen-bond donors (Lipinski definition) is 2. The first kappa shape index (κ1) is 12.7. The normalized spacial score (nSPS) is 10.8. The van der Waals surface area contributed by atoms with Crippen molar-refractivity contribution in [1.29, 1.82) is 0 Å². The standard InChI is InChI=1S/C15H13NO3S/c1-19-12-5-4-10-6-9(2-3-11(10)8-12)7-13-14(17)16-15(18)20-13/h2-6,8,17H,7H2,1H3,(H,16,18). The second-order valence-electron chi connectivity index (χ2n) is 4.51. The first-order chi connectivity index (χ1) is 9.65. The highest BCUT2D eigenvalue weighted by Gasteiger charge is 2.08. The maximum Gasteiger partial charge on any atom is 0.307 e. The minimum atomic E-state index is -0.233. The molecule has 0 saturated carbocycles. The number of rotatable bonds is 3. The van der Waals surface area contributed by atoms with Crippen molar-refractivity contribution in [2.45, 2.75) is 6.42 Å². The van der Waals surface area contributed by atoms with E-state index in [-0.39, 0.29) is 10.8 Å². The van der Waals surface area contributed by atoms with Gasteiger partial charge in [0, 0.05) is 6.42 Å². The van der Waals surface area contributed by atoms with Crippen LogP contribution >= 0.6 is 11.3 Å². The molecule has 0 fully saturated rings. The van der Waals surface area contributed by atoms with Crippen LogP contribution in [-0.4, -0.2) is 17.2 Å². The van der Waals surface area contributed by atoms with Crippen LogP contribution in [0.2, 0.25) is 0 Å². The van der Waals surface area contributed by atoms with E-state index in [1.54, 1.807) is 7.11 Å². The van der Waals surface area contributed by atoms with Crippen molar-refractivity contribution < 1.29 is 9.84 Å². The van der Waals surface area contributed by atoms with Crippen LogP contribution in [-0.2, 0) is 6.42 Å². The Kier molecular flexibility index (Phi) is 3.20. The summed E-state index contributed by atoms with van der Waals surface area (Å²) in [5, 5.41) is 11.8. The molecule has 0 atom stereocenters. The molecule has 4 nitrogen and oxygen atoms in total. The van der Waals surface area contributed by atoms with Crippen LogP contribution in [0.5, 0.6) is 11.6 Å². The second kappa shape index (κ2) is 5.02. The molecular weight excluding hydrogens is 274 g/mol. The van der Waals surface area contributed by atoms with E-state index in [1.165, 1.54) is 0 Å². The molecular formula is C15H13NO3S. The first-order valence-electron chi connectivity index (χ1n) is 6.13. The van der Waals surface area contributed by atoms with Crippen LogP contribution in [0, 0.1) is 0 Å². The number of ether oxygens (including phenoxy) is 1. The van der Waals surface area contributed by atoms with Crippen molar-refractivity contribution in [1.82, 2.24) is 4.98 Å². The van der Waals surface area contributed by atoms with Crippen molar-refractivity contribution in [2.24, 2.45) is 0 Å². The number of aromatic hydroxyl groups is 1. The Balaban J connectivity index is 1.97. The van der Waals surface area contributed by atoms with Crippen LogP contribution in [0.4, 0.5) is 0 Å². The van der Waals surface area contributed by atoms with Gasteiger partial charge in [-0.3, -0.25) is 9.78 Å². The van der Waals surface area contributed by atoms with Crippen molar-refractivity contribution in [3.05, 3.63) is 56.5 Å². The molecule has 20 heavy (non-hydrogen) atoms. The fourth-order valence-corrected chi connectivity index (χ4v) is 2.93. The van der Waals surface area contributed by atoms with Gasteiger partial charge in [-0.1, -0.05) is 35.6 Å². The minimum absolute atomic E-state index is 0.0326. The number of methoxy groups -OCH3 is 1. The quantitative estimate of drug-likeness (QED) is 0.778. The van der Waals surface area contributed by atoms with E-state index < -0.39 is 0 Å². The number of fused-ring (bicyclic) bond motifs is 1. The molecule has 0 saturated heterocycles. The fourth-order valence-electron chi connectivity index (χ4n) is 2.17. The first-order valence-corrected chi connectivity index (χ1v) is 6.95. The number of nitrogens with one attached hydrogen (secondary N) is 1. The Morgan fingerprint density at radius 3 is 2.65 bits per heavy atom. The number of thiazole rings is 1. The van der Waals surface area contributed by atoms with Crippen molar-refractivity contribution in [3.8, 4) is 11.6 Å². The Bertz CT molecular complexity index is 819. The predicted octanol–water partition coefficient (Wildman–Crippen LogP) is 2.89. The highest BCUT2D eigenvalue weighted by molar-refractivity contribution is 7.09. The van der Waals surface area contributed by atoms with E-state index in [9.17, 15) is 9.90 Å². The molecule has 3 aromatic rings. The average Bonchev–Trinajstić information content (AvgIpc) is 2.76. The summed E-state index contributed by atoms with van der Waals surface area (Å²) >= 11 is 1.04. The zero-order valence-corrected chi connectivity index (χ0v) is 11.7. The third-order valence-corrected chi connectivity index (χ3v) is 4.05. The fraction of sp³-hybridized carbons (Fsp3) is 0.133. The van der Waals surface area contributed by atoms with Gasteiger partial charge >= 0.3 is 4.87 Å². The number of aromatic nitrogens is 1. The summed E-state index contributed by atoms with van der Waals surface area (Å²) < 4.78 is 5.20.